The van der Waals surface area contributed by atoms with Crippen molar-refractivity contribution in [3.05, 3.63) is 19.3 Å². The Hall–Kier alpha value is 0.584. The summed E-state index contributed by atoms with van der Waals surface area (Å²) in [5.74, 6) is 2.50. The monoisotopic (exact) mass is 174 g/mol. The van der Waals surface area contributed by atoms with Gasteiger partial charge in [-0.3, -0.25) is 0 Å². The first kappa shape index (κ1) is 10.6. The van der Waals surface area contributed by atoms with Crippen LogP contribution in [0, 0.1) is 37.0 Å². The van der Waals surface area contributed by atoms with Crippen molar-refractivity contribution < 1.29 is 18.6 Å². The fourth-order valence-corrected chi connectivity index (χ4v) is 0.718. The van der Waals surface area contributed by atoms with E-state index in [9.17, 15) is 0 Å². The van der Waals surface area contributed by atoms with Gasteiger partial charge in [0.05, 0.1) is 0 Å². The smallest absolute Gasteiger partial charge is 0 e. The summed E-state index contributed by atoms with van der Waals surface area (Å²) < 4.78 is 0. The first-order valence-corrected chi connectivity index (χ1v) is 3.73. The fraction of sp³-hybridized carbons (Fsp3) is 0.667. The van der Waals surface area contributed by atoms with Gasteiger partial charge in [-0.25, -0.2) is 0 Å². The van der Waals surface area contributed by atoms with Crippen molar-refractivity contribution in [3.63, 3.8) is 0 Å². The minimum absolute atomic E-state index is 0. The summed E-state index contributed by atoms with van der Waals surface area (Å²) in [4.78, 5) is 0. The van der Waals surface area contributed by atoms with E-state index in [-0.39, 0.29) is 18.6 Å². The molecule has 10 heavy (non-hydrogen) atoms. The van der Waals surface area contributed by atoms with Gasteiger partial charge in [-0.05, 0) is 5.92 Å². The molecule has 0 atom stereocenters. The van der Waals surface area contributed by atoms with Crippen LogP contribution < -0.4 is 0 Å². The molecule has 0 nitrogen and oxygen atoms in total. The van der Waals surface area contributed by atoms with Gasteiger partial charge in [-0.2, -0.15) is 0 Å². The molecule has 0 unspecified atom stereocenters. The minimum atomic E-state index is 0. The topological polar surface area (TPSA) is 0 Å². The number of rotatable bonds is 0. The zero-order valence-electron chi connectivity index (χ0n) is 6.91. The molecule has 3 aliphatic carbocycles. The SMILES string of the molecule is CC(C)C.[CH-]1C2[CH-]C1[CH-]2.[V]. The molecule has 0 saturated heterocycles. The van der Waals surface area contributed by atoms with Gasteiger partial charge in [0.15, 0.2) is 0 Å². The molecule has 0 heterocycles. The van der Waals surface area contributed by atoms with Gasteiger partial charge in [-0.1, -0.05) is 20.8 Å². The second-order valence-electron chi connectivity index (χ2n) is 3.46. The van der Waals surface area contributed by atoms with E-state index in [0.29, 0.717) is 0 Å². The van der Waals surface area contributed by atoms with Crippen molar-refractivity contribution in [2.24, 2.45) is 17.8 Å². The van der Waals surface area contributed by atoms with Gasteiger partial charge in [0.25, 0.3) is 0 Å². The first-order valence-electron chi connectivity index (χ1n) is 3.73. The van der Waals surface area contributed by atoms with Crippen LogP contribution in [0.4, 0.5) is 0 Å². The standard InChI is InChI=1S/C5H5.C4H10.V/c1-4-2-5(1)3-4;1-4(2)3;/h1-5H;4H,1-3H3;/q-3;;. The van der Waals surface area contributed by atoms with Crippen molar-refractivity contribution in [2.45, 2.75) is 20.8 Å². The van der Waals surface area contributed by atoms with Crippen LogP contribution in [0.25, 0.3) is 0 Å². The Balaban J connectivity index is 0.000000153. The van der Waals surface area contributed by atoms with Crippen LogP contribution in [0.2, 0.25) is 0 Å². The number of hydrogen-bond acceptors (Lipinski definition) is 0. The largest absolute Gasteiger partial charge is 0.451 e. The van der Waals surface area contributed by atoms with E-state index in [4.69, 9.17) is 0 Å². The third-order valence-electron chi connectivity index (χ3n) is 1.33. The molecule has 0 aromatic rings. The van der Waals surface area contributed by atoms with Gasteiger partial charge in [-0.15, -0.1) is 0 Å². The molecular weight excluding hydrogens is 159 g/mol. The molecule has 3 aliphatic rings. The predicted octanol–water partition coefficient (Wildman–Crippen LogP) is 2.52. The third-order valence-corrected chi connectivity index (χ3v) is 1.33. The van der Waals surface area contributed by atoms with E-state index in [2.05, 4.69) is 40.0 Å². The van der Waals surface area contributed by atoms with Crippen molar-refractivity contribution in [3.8, 4) is 0 Å². The molecule has 59 valence electrons. The Morgan fingerprint density at radius 1 is 0.900 bits per heavy atom. The van der Waals surface area contributed by atoms with Crippen LogP contribution in [0.5, 0.6) is 0 Å². The summed E-state index contributed by atoms with van der Waals surface area (Å²) in [6.45, 7) is 6.50. The summed E-state index contributed by atoms with van der Waals surface area (Å²) in [7, 11) is 0. The van der Waals surface area contributed by atoms with E-state index in [1.165, 1.54) is 0 Å². The Morgan fingerprint density at radius 2 is 1.00 bits per heavy atom. The van der Waals surface area contributed by atoms with Gasteiger partial charge in [0, 0.05) is 18.6 Å². The summed E-state index contributed by atoms with van der Waals surface area (Å²) >= 11 is 0. The van der Waals surface area contributed by atoms with E-state index >= 15 is 0 Å². The van der Waals surface area contributed by atoms with Crippen LogP contribution in [0.3, 0.4) is 0 Å². The van der Waals surface area contributed by atoms with E-state index < -0.39 is 0 Å². The van der Waals surface area contributed by atoms with Crippen molar-refractivity contribution >= 4 is 0 Å². The quantitative estimate of drug-likeness (QED) is 0.495. The summed E-state index contributed by atoms with van der Waals surface area (Å²) in [5, 5.41) is 0. The molecule has 2 bridgehead atoms. The van der Waals surface area contributed by atoms with Gasteiger partial charge >= 0.3 is 0 Å². The third kappa shape index (κ3) is 3.12. The van der Waals surface area contributed by atoms with E-state index in [1.807, 2.05) is 0 Å². The average molecular weight is 174 g/mol. The van der Waals surface area contributed by atoms with E-state index in [1.54, 1.807) is 0 Å². The van der Waals surface area contributed by atoms with Crippen LogP contribution in [0.1, 0.15) is 20.8 Å². The van der Waals surface area contributed by atoms with Crippen molar-refractivity contribution in [2.75, 3.05) is 0 Å². The van der Waals surface area contributed by atoms with Gasteiger partial charge in [0.1, 0.15) is 0 Å². The molecule has 3 saturated carbocycles. The first-order chi connectivity index (χ1) is 4.18. The zero-order valence-corrected chi connectivity index (χ0v) is 8.31. The summed E-state index contributed by atoms with van der Waals surface area (Å²) in [6.07, 6.45) is 7.00. The second kappa shape index (κ2) is 4.46. The molecule has 1 radical (unpaired) electrons. The molecule has 0 N–H and O–H groups in total. The van der Waals surface area contributed by atoms with Crippen LogP contribution in [0.15, 0.2) is 0 Å². The number of hydrogen-bond donors (Lipinski definition) is 0. The Labute approximate surface area is 76.7 Å². The molecule has 3 rings (SSSR count). The molecule has 0 aromatic carbocycles. The summed E-state index contributed by atoms with van der Waals surface area (Å²) in [5.41, 5.74) is 0. The van der Waals surface area contributed by atoms with Crippen LogP contribution in [-0.2, 0) is 18.6 Å². The molecular formula is C9H15V-3. The normalized spacial score (nSPS) is 32.4. The zero-order chi connectivity index (χ0) is 6.85. The maximum Gasteiger partial charge on any atom is 0 e. The van der Waals surface area contributed by atoms with Gasteiger partial charge < -0.3 is 31.1 Å². The second-order valence-corrected chi connectivity index (χ2v) is 3.46. The molecule has 3 fully saturated rings. The van der Waals surface area contributed by atoms with E-state index in [0.717, 1.165) is 17.8 Å². The molecule has 1 heteroatoms. The Morgan fingerprint density at radius 3 is 1.00 bits per heavy atom. The molecule has 0 aromatic heterocycles. The van der Waals surface area contributed by atoms with Crippen LogP contribution in [-0.4, -0.2) is 0 Å². The van der Waals surface area contributed by atoms with Gasteiger partial charge in [0.2, 0.25) is 0 Å². The summed E-state index contributed by atoms with van der Waals surface area (Å²) in [6, 6.07) is 0. The molecule has 0 spiro atoms. The predicted molar refractivity (Wildman–Crippen MR) is 40.4 cm³/mol. The van der Waals surface area contributed by atoms with Crippen LogP contribution >= 0.6 is 0 Å². The maximum atomic E-state index is 2.33. The molecule has 0 aliphatic heterocycles. The van der Waals surface area contributed by atoms with Crippen molar-refractivity contribution in [1.29, 1.82) is 0 Å². The van der Waals surface area contributed by atoms with Crippen molar-refractivity contribution in [1.82, 2.24) is 0 Å². The fourth-order valence-electron chi connectivity index (χ4n) is 0.718. The molecule has 0 amide bonds. The Bertz CT molecular complexity index is 65.7. The Kier molecular flexibility index (Phi) is 4.72. The maximum absolute atomic E-state index is 2.33. The average Bonchev–Trinajstić information content (AvgIpc) is 1.11. The minimum Gasteiger partial charge on any atom is -0.451 e.